The summed E-state index contributed by atoms with van der Waals surface area (Å²) in [5.74, 6) is 0.788. The first kappa shape index (κ1) is 11.6. The fourth-order valence-corrected chi connectivity index (χ4v) is 2.46. The highest BCUT2D eigenvalue weighted by Gasteiger charge is 2.18. The maximum absolute atomic E-state index is 6.23. The molecule has 0 saturated heterocycles. The smallest absolute Gasteiger partial charge is 0.226 e. The average molecular weight is 240 g/mol. The zero-order chi connectivity index (χ0) is 11.5. The van der Waals surface area contributed by atoms with Crippen molar-refractivity contribution in [3.63, 3.8) is 0 Å². The molecule has 0 amide bonds. The van der Waals surface area contributed by atoms with Gasteiger partial charge in [-0.05, 0) is 39.5 Å². The number of rotatable bonds is 3. The van der Waals surface area contributed by atoms with E-state index in [0.717, 1.165) is 37.6 Å². The maximum atomic E-state index is 6.23. The van der Waals surface area contributed by atoms with Crippen LogP contribution in [-0.2, 0) is 12.8 Å². The molecule has 1 aromatic rings. The second-order valence-electron chi connectivity index (χ2n) is 4.12. The molecule has 3 nitrogen and oxygen atoms in total. The van der Waals surface area contributed by atoms with Crippen molar-refractivity contribution in [3.8, 4) is 0 Å². The highest BCUT2D eigenvalue weighted by Crippen LogP contribution is 2.27. The monoisotopic (exact) mass is 239 g/mol. The Kier molecular flexibility index (Phi) is 3.64. The van der Waals surface area contributed by atoms with Gasteiger partial charge in [0.2, 0.25) is 5.95 Å². The summed E-state index contributed by atoms with van der Waals surface area (Å²) in [6.45, 7) is 6.07. The van der Waals surface area contributed by atoms with E-state index in [0.29, 0.717) is 5.15 Å². The molecule has 0 saturated carbocycles. The Morgan fingerprint density at radius 1 is 1.12 bits per heavy atom. The largest absolute Gasteiger partial charge is 0.341 e. The molecule has 16 heavy (non-hydrogen) atoms. The summed E-state index contributed by atoms with van der Waals surface area (Å²) in [6.07, 6.45) is 4.51. The van der Waals surface area contributed by atoms with E-state index in [-0.39, 0.29) is 0 Å². The van der Waals surface area contributed by atoms with Crippen LogP contribution in [0, 0.1) is 0 Å². The lowest BCUT2D eigenvalue weighted by atomic mass is 9.97. The number of hydrogen-bond acceptors (Lipinski definition) is 3. The molecule has 1 aromatic heterocycles. The van der Waals surface area contributed by atoms with Crippen LogP contribution in [-0.4, -0.2) is 23.1 Å². The first-order valence-corrected chi connectivity index (χ1v) is 6.44. The van der Waals surface area contributed by atoms with Crippen molar-refractivity contribution in [2.24, 2.45) is 0 Å². The molecule has 1 heterocycles. The molecule has 0 spiro atoms. The standard InChI is InChI=1S/C12H18ClN3/c1-3-16(4-2)12-14-10-8-6-5-7-9(10)11(13)15-12/h3-8H2,1-2H3. The van der Waals surface area contributed by atoms with Gasteiger partial charge >= 0.3 is 0 Å². The van der Waals surface area contributed by atoms with Gasteiger partial charge in [0.05, 0.1) is 5.69 Å². The van der Waals surface area contributed by atoms with Gasteiger partial charge in [-0.2, -0.15) is 0 Å². The summed E-state index contributed by atoms with van der Waals surface area (Å²) >= 11 is 6.23. The topological polar surface area (TPSA) is 29.0 Å². The van der Waals surface area contributed by atoms with E-state index in [4.69, 9.17) is 11.6 Å². The molecule has 1 aliphatic rings. The third-order valence-corrected chi connectivity index (χ3v) is 3.48. The van der Waals surface area contributed by atoms with Gasteiger partial charge in [-0.1, -0.05) is 11.6 Å². The van der Waals surface area contributed by atoms with Crippen molar-refractivity contribution in [2.75, 3.05) is 18.0 Å². The van der Waals surface area contributed by atoms with Crippen LogP contribution in [0.5, 0.6) is 0 Å². The van der Waals surface area contributed by atoms with E-state index < -0.39 is 0 Å². The van der Waals surface area contributed by atoms with Crippen molar-refractivity contribution in [1.82, 2.24) is 9.97 Å². The quantitative estimate of drug-likeness (QED) is 0.760. The number of aryl methyl sites for hydroxylation is 1. The molecular formula is C12H18ClN3. The van der Waals surface area contributed by atoms with Crippen LogP contribution < -0.4 is 4.90 Å². The van der Waals surface area contributed by atoms with Crippen molar-refractivity contribution in [3.05, 3.63) is 16.4 Å². The maximum Gasteiger partial charge on any atom is 0.226 e. The van der Waals surface area contributed by atoms with E-state index in [1.54, 1.807) is 0 Å². The van der Waals surface area contributed by atoms with Gasteiger partial charge in [0.1, 0.15) is 5.15 Å². The Balaban J connectivity index is 2.38. The lowest BCUT2D eigenvalue weighted by Gasteiger charge is -2.22. The van der Waals surface area contributed by atoms with Crippen molar-refractivity contribution in [1.29, 1.82) is 0 Å². The van der Waals surface area contributed by atoms with Crippen LogP contribution >= 0.6 is 11.6 Å². The Bertz CT molecular complexity index is 375. The molecule has 0 aromatic carbocycles. The Labute approximate surface area is 102 Å². The van der Waals surface area contributed by atoms with Crippen LogP contribution in [0.1, 0.15) is 37.9 Å². The van der Waals surface area contributed by atoms with Gasteiger partial charge in [0.25, 0.3) is 0 Å². The predicted octanol–water partition coefficient (Wildman–Crippen LogP) is 2.86. The minimum Gasteiger partial charge on any atom is -0.341 e. The van der Waals surface area contributed by atoms with Gasteiger partial charge in [-0.25, -0.2) is 9.97 Å². The van der Waals surface area contributed by atoms with E-state index in [1.165, 1.54) is 18.4 Å². The summed E-state index contributed by atoms with van der Waals surface area (Å²) < 4.78 is 0. The van der Waals surface area contributed by atoms with E-state index in [2.05, 4.69) is 28.7 Å². The fourth-order valence-electron chi connectivity index (χ4n) is 2.18. The number of halogens is 1. The zero-order valence-electron chi connectivity index (χ0n) is 9.96. The van der Waals surface area contributed by atoms with Gasteiger partial charge in [-0.3, -0.25) is 0 Å². The average Bonchev–Trinajstić information content (AvgIpc) is 2.31. The first-order chi connectivity index (χ1) is 7.76. The third-order valence-electron chi connectivity index (χ3n) is 3.17. The van der Waals surface area contributed by atoms with Crippen LogP contribution in [0.3, 0.4) is 0 Å². The second-order valence-corrected chi connectivity index (χ2v) is 4.48. The van der Waals surface area contributed by atoms with E-state index >= 15 is 0 Å². The molecule has 0 fully saturated rings. The van der Waals surface area contributed by atoms with Gasteiger partial charge in [0, 0.05) is 18.7 Å². The molecule has 0 radical (unpaired) electrons. The van der Waals surface area contributed by atoms with Crippen LogP contribution in [0.25, 0.3) is 0 Å². The second kappa shape index (κ2) is 5.00. The normalized spacial score (nSPS) is 14.7. The molecule has 0 atom stereocenters. The molecule has 4 heteroatoms. The van der Waals surface area contributed by atoms with Crippen molar-refractivity contribution in [2.45, 2.75) is 39.5 Å². The minimum absolute atomic E-state index is 0.659. The summed E-state index contributed by atoms with van der Waals surface area (Å²) in [5.41, 5.74) is 2.33. The van der Waals surface area contributed by atoms with Crippen molar-refractivity contribution < 1.29 is 0 Å². The zero-order valence-corrected chi connectivity index (χ0v) is 10.7. The van der Waals surface area contributed by atoms with Crippen LogP contribution in [0.15, 0.2) is 0 Å². The molecule has 88 valence electrons. The number of anilines is 1. The van der Waals surface area contributed by atoms with Crippen molar-refractivity contribution >= 4 is 17.5 Å². The minimum atomic E-state index is 0.659. The Morgan fingerprint density at radius 2 is 1.81 bits per heavy atom. The number of fused-ring (bicyclic) bond motifs is 1. The SMILES string of the molecule is CCN(CC)c1nc(Cl)c2c(n1)CCCC2. The van der Waals surface area contributed by atoms with Gasteiger partial charge < -0.3 is 4.90 Å². The summed E-state index contributed by atoms with van der Waals surface area (Å²) in [5, 5.41) is 0.659. The highest BCUT2D eigenvalue weighted by molar-refractivity contribution is 6.30. The van der Waals surface area contributed by atoms with E-state index in [9.17, 15) is 0 Å². The summed E-state index contributed by atoms with van der Waals surface area (Å²) in [6, 6.07) is 0. The fraction of sp³-hybridized carbons (Fsp3) is 0.667. The number of nitrogens with zero attached hydrogens (tertiary/aromatic N) is 3. The van der Waals surface area contributed by atoms with Gasteiger partial charge in [-0.15, -0.1) is 0 Å². The molecular weight excluding hydrogens is 222 g/mol. The molecule has 0 N–H and O–H groups in total. The van der Waals surface area contributed by atoms with Gasteiger partial charge in [0.15, 0.2) is 0 Å². The summed E-state index contributed by atoms with van der Waals surface area (Å²) in [7, 11) is 0. The molecule has 2 rings (SSSR count). The lowest BCUT2D eigenvalue weighted by molar-refractivity contribution is 0.658. The highest BCUT2D eigenvalue weighted by atomic mass is 35.5. The summed E-state index contributed by atoms with van der Waals surface area (Å²) in [4.78, 5) is 11.2. The number of aromatic nitrogens is 2. The van der Waals surface area contributed by atoms with E-state index in [1.807, 2.05) is 0 Å². The lowest BCUT2D eigenvalue weighted by Crippen LogP contribution is -2.25. The van der Waals surface area contributed by atoms with Crippen LogP contribution in [0.4, 0.5) is 5.95 Å². The Morgan fingerprint density at radius 3 is 2.50 bits per heavy atom. The predicted molar refractivity (Wildman–Crippen MR) is 67.2 cm³/mol. The molecule has 0 aliphatic heterocycles. The number of hydrogen-bond donors (Lipinski definition) is 0. The Hall–Kier alpha value is -0.830. The first-order valence-electron chi connectivity index (χ1n) is 6.06. The molecule has 0 bridgehead atoms. The molecule has 1 aliphatic carbocycles. The van der Waals surface area contributed by atoms with Crippen LogP contribution in [0.2, 0.25) is 5.15 Å². The third kappa shape index (κ3) is 2.14. The molecule has 0 unspecified atom stereocenters.